The van der Waals surface area contributed by atoms with Gasteiger partial charge in [-0.05, 0) is 69.3 Å². The molecule has 1 saturated heterocycles. The van der Waals surface area contributed by atoms with E-state index in [2.05, 4.69) is 31.8 Å². The Morgan fingerprint density at radius 3 is 2.39 bits per heavy atom. The second-order valence-electron chi connectivity index (χ2n) is 9.87. The van der Waals surface area contributed by atoms with Crippen LogP contribution in [0.1, 0.15) is 54.4 Å². The summed E-state index contributed by atoms with van der Waals surface area (Å²) in [6.45, 7) is 3.74. The minimum atomic E-state index is -3.55. The Morgan fingerprint density at radius 2 is 1.69 bits per heavy atom. The second kappa shape index (κ2) is 12.2. The Hall–Kier alpha value is -2.46. The minimum Gasteiger partial charge on any atom is -0.496 e. The van der Waals surface area contributed by atoms with Crippen LogP contribution in [0.2, 0.25) is 0 Å². The van der Waals surface area contributed by atoms with Crippen molar-refractivity contribution in [1.29, 1.82) is 0 Å². The number of likely N-dealkylation sites (tertiary alicyclic amines) is 1. The van der Waals surface area contributed by atoms with Crippen molar-refractivity contribution in [2.75, 3.05) is 39.8 Å². The lowest BCUT2D eigenvalue weighted by atomic mass is 9.68. The lowest BCUT2D eigenvalue weighted by Gasteiger charge is -2.41. The molecule has 9 heteroatoms. The summed E-state index contributed by atoms with van der Waals surface area (Å²) < 4.78 is 36.2. The molecule has 1 heterocycles. The molecule has 2 aromatic rings. The number of carbonyl (C=O) groups excluding carboxylic acids is 1. The van der Waals surface area contributed by atoms with E-state index < -0.39 is 10.2 Å². The van der Waals surface area contributed by atoms with Gasteiger partial charge in [0.1, 0.15) is 5.75 Å². The molecule has 0 unspecified atom stereocenters. The predicted molar refractivity (Wildman–Crippen MR) is 141 cm³/mol. The number of nitrogens with one attached hydrogen (secondary N) is 3. The monoisotopic (exact) mass is 514 g/mol. The molecule has 3 N–H and O–H groups in total. The van der Waals surface area contributed by atoms with E-state index in [4.69, 9.17) is 4.74 Å². The number of methoxy groups -OCH3 is 1. The molecule has 1 amide bonds. The Morgan fingerprint density at radius 1 is 1.03 bits per heavy atom. The molecule has 4 rings (SSSR count). The van der Waals surface area contributed by atoms with Crippen LogP contribution in [0.4, 0.5) is 0 Å². The lowest BCUT2D eigenvalue weighted by molar-refractivity contribution is 0.0932. The van der Waals surface area contributed by atoms with Crippen molar-refractivity contribution >= 4 is 16.1 Å². The molecule has 2 aromatic carbocycles. The van der Waals surface area contributed by atoms with E-state index in [0.29, 0.717) is 37.2 Å². The van der Waals surface area contributed by atoms with Gasteiger partial charge in [0.15, 0.2) is 0 Å². The van der Waals surface area contributed by atoms with E-state index in [9.17, 15) is 13.2 Å². The first-order valence-electron chi connectivity index (χ1n) is 12.9. The number of rotatable bonds is 11. The molecule has 0 spiro atoms. The smallest absolute Gasteiger partial charge is 0.277 e. The fraction of sp³-hybridized carbons (Fsp3) is 0.519. The van der Waals surface area contributed by atoms with E-state index in [1.54, 1.807) is 19.2 Å². The zero-order chi connectivity index (χ0) is 25.4. The van der Waals surface area contributed by atoms with Gasteiger partial charge < -0.3 is 15.0 Å². The lowest BCUT2D eigenvalue weighted by Crippen LogP contribution is -2.50. The summed E-state index contributed by atoms with van der Waals surface area (Å²) in [6.07, 6.45) is 5.32. The van der Waals surface area contributed by atoms with E-state index in [1.165, 1.54) is 12.8 Å². The zero-order valence-corrected chi connectivity index (χ0v) is 21.9. The van der Waals surface area contributed by atoms with Gasteiger partial charge in [-0.15, -0.1) is 0 Å². The summed E-state index contributed by atoms with van der Waals surface area (Å²) in [6, 6.07) is 17.3. The highest BCUT2D eigenvalue weighted by Crippen LogP contribution is 2.39. The summed E-state index contributed by atoms with van der Waals surface area (Å²) >= 11 is 0. The minimum absolute atomic E-state index is 0.129. The number of hydrogen-bond acceptors (Lipinski definition) is 5. The quantitative estimate of drug-likeness (QED) is 0.428. The number of hydrogen-bond donors (Lipinski definition) is 3. The molecule has 2 fully saturated rings. The average Bonchev–Trinajstić information content (AvgIpc) is 3.42. The molecule has 0 aromatic heterocycles. The molecule has 8 nitrogen and oxygen atoms in total. The highest BCUT2D eigenvalue weighted by Gasteiger charge is 2.38. The summed E-state index contributed by atoms with van der Waals surface area (Å²) in [5.74, 6) is 0.367. The maximum atomic E-state index is 13.0. The highest BCUT2D eigenvalue weighted by atomic mass is 32.2. The van der Waals surface area contributed by atoms with Crippen LogP contribution in [0.15, 0.2) is 54.6 Å². The molecule has 196 valence electrons. The summed E-state index contributed by atoms with van der Waals surface area (Å²) in [5, 5.41) is 3.13. The van der Waals surface area contributed by atoms with Gasteiger partial charge in [-0.1, -0.05) is 42.5 Å². The number of carbonyl (C=O) groups is 1. The Balaban J connectivity index is 1.36. The molecule has 1 saturated carbocycles. The van der Waals surface area contributed by atoms with Crippen LogP contribution >= 0.6 is 0 Å². The van der Waals surface area contributed by atoms with Gasteiger partial charge in [-0.2, -0.15) is 13.1 Å². The standard InChI is InChI=1S/C27H38N4O4S/c1-35-25-12-6-5-11-24(25)26(32)28-21-27(22-9-3-2-4-10-22)15-13-23(14-16-27)30-36(33,34)29-17-20-31-18-7-8-19-31/h2-6,9-12,23,29-30H,7-8,13-21H2,1H3,(H,28,32)/t23-,27-. The van der Waals surface area contributed by atoms with Gasteiger partial charge >= 0.3 is 0 Å². The fourth-order valence-corrected chi connectivity index (χ4v) is 6.55. The van der Waals surface area contributed by atoms with Crippen LogP contribution in [-0.4, -0.2) is 65.1 Å². The first-order valence-corrected chi connectivity index (χ1v) is 14.4. The van der Waals surface area contributed by atoms with Crippen molar-refractivity contribution in [3.63, 3.8) is 0 Å². The van der Waals surface area contributed by atoms with Crippen molar-refractivity contribution in [3.05, 3.63) is 65.7 Å². The largest absolute Gasteiger partial charge is 0.496 e. The van der Waals surface area contributed by atoms with Gasteiger partial charge in [0, 0.05) is 31.1 Å². The van der Waals surface area contributed by atoms with Gasteiger partial charge in [0.05, 0.1) is 12.7 Å². The highest BCUT2D eigenvalue weighted by molar-refractivity contribution is 7.87. The van der Waals surface area contributed by atoms with Gasteiger partial charge in [0.2, 0.25) is 0 Å². The van der Waals surface area contributed by atoms with E-state index in [1.807, 2.05) is 30.3 Å². The Bertz CT molecular complexity index is 1100. The zero-order valence-electron chi connectivity index (χ0n) is 21.0. The van der Waals surface area contributed by atoms with E-state index >= 15 is 0 Å². The van der Waals surface area contributed by atoms with Crippen LogP contribution in [0.25, 0.3) is 0 Å². The van der Waals surface area contributed by atoms with Crippen LogP contribution in [0.5, 0.6) is 5.75 Å². The molecule has 0 radical (unpaired) electrons. The molecule has 1 aliphatic heterocycles. The van der Waals surface area contributed by atoms with E-state index in [-0.39, 0.29) is 17.4 Å². The number of ether oxygens (including phenoxy) is 1. The Labute approximate surface area is 215 Å². The first-order chi connectivity index (χ1) is 17.4. The third-order valence-corrected chi connectivity index (χ3v) is 8.74. The summed E-state index contributed by atoms with van der Waals surface area (Å²) in [7, 11) is -2.00. The topological polar surface area (TPSA) is 99.8 Å². The summed E-state index contributed by atoms with van der Waals surface area (Å²) in [5.41, 5.74) is 1.41. The summed E-state index contributed by atoms with van der Waals surface area (Å²) in [4.78, 5) is 15.3. The number of para-hydroxylation sites is 1. The molecule has 0 atom stereocenters. The SMILES string of the molecule is COc1ccccc1C(=O)NC[C@]1(c2ccccc2)CC[C@H](NS(=O)(=O)NCCN2CCCC2)CC1. The molecular weight excluding hydrogens is 476 g/mol. The maximum absolute atomic E-state index is 13.0. The van der Waals surface area contributed by atoms with Crippen LogP contribution in [0.3, 0.4) is 0 Å². The Kier molecular flexibility index (Phi) is 9.00. The van der Waals surface area contributed by atoms with Crippen molar-refractivity contribution in [2.24, 2.45) is 0 Å². The second-order valence-corrected chi connectivity index (χ2v) is 11.4. The molecule has 36 heavy (non-hydrogen) atoms. The normalized spacial score (nSPS) is 22.9. The van der Waals surface area contributed by atoms with Crippen LogP contribution in [-0.2, 0) is 15.6 Å². The number of nitrogens with zero attached hydrogens (tertiary/aromatic N) is 1. The van der Waals surface area contributed by atoms with Crippen molar-refractivity contribution in [3.8, 4) is 5.75 Å². The average molecular weight is 515 g/mol. The van der Waals surface area contributed by atoms with Gasteiger partial charge in [-0.25, -0.2) is 4.72 Å². The first kappa shape index (κ1) is 26.6. The molecule has 0 bridgehead atoms. The predicted octanol–water partition coefficient (Wildman–Crippen LogP) is 2.83. The fourth-order valence-electron chi connectivity index (χ4n) is 5.43. The van der Waals surface area contributed by atoms with Gasteiger partial charge in [-0.3, -0.25) is 4.79 Å². The molecular formula is C27H38N4O4S. The maximum Gasteiger partial charge on any atom is 0.277 e. The van der Waals surface area contributed by atoms with Crippen molar-refractivity contribution < 1.29 is 17.9 Å². The molecule has 2 aliphatic rings. The van der Waals surface area contributed by atoms with Crippen molar-refractivity contribution in [2.45, 2.75) is 50.0 Å². The third-order valence-electron chi connectivity index (χ3n) is 7.51. The van der Waals surface area contributed by atoms with Gasteiger partial charge in [0.25, 0.3) is 16.1 Å². The van der Waals surface area contributed by atoms with Crippen LogP contribution in [0, 0.1) is 0 Å². The number of amides is 1. The van der Waals surface area contributed by atoms with E-state index in [0.717, 1.165) is 38.0 Å². The van der Waals surface area contributed by atoms with Crippen LogP contribution < -0.4 is 19.5 Å². The third kappa shape index (κ3) is 6.85. The van der Waals surface area contributed by atoms with Crippen molar-refractivity contribution in [1.82, 2.24) is 19.7 Å². The number of benzene rings is 2. The molecule has 1 aliphatic carbocycles.